The summed E-state index contributed by atoms with van der Waals surface area (Å²) in [6, 6.07) is 4.33. The molecule has 0 radical (unpaired) electrons. The molecular weight excluding hydrogens is 250 g/mol. The molecule has 19 heavy (non-hydrogen) atoms. The zero-order chi connectivity index (χ0) is 14.4. The molecule has 3 N–H and O–H groups in total. The number of carbonyl (C=O) groups excluding carboxylic acids is 2. The Hall–Kier alpha value is -2.44. The third kappa shape index (κ3) is 4.06. The van der Waals surface area contributed by atoms with Gasteiger partial charge < -0.3 is 11.1 Å². The van der Waals surface area contributed by atoms with E-state index in [-0.39, 0.29) is 29.9 Å². The number of Topliss-reactive ketones (excluding diaryl/α,β-unsaturated/α-hetero) is 1. The molecule has 1 atom stereocenters. The summed E-state index contributed by atoms with van der Waals surface area (Å²) in [5.74, 6) is -0.114. The summed E-state index contributed by atoms with van der Waals surface area (Å²) < 4.78 is 0. The monoisotopic (exact) mass is 265 g/mol. The normalized spacial score (nSPS) is 11.6. The lowest BCUT2D eigenvalue weighted by atomic mass is 9.99. The molecule has 0 aliphatic carbocycles. The fourth-order valence-electron chi connectivity index (χ4n) is 1.73. The molecule has 0 aliphatic heterocycles. The third-order valence-corrected chi connectivity index (χ3v) is 2.65. The first-order valence-corrected chi connectivity index (χ1v) is 5.76. The van der Waals surface area contributed by atoms with E-state index in [4.69, 9.17) is 5.73 Å². The molecule has 0 heterocycles. The zero-order valence-corrected chi connectivity index (χ0v) is 10.5. The summed E-state index contributed by atoms with van der Waals surface area (Å²) in [5, 5.41) is 13.3. The van der Waals surface area contributed by atoms with Crippen LogP contribution in [0.25, 0.3) is 0 Å². The van der Waals surface area contributed by atoms with Crippen LogP contribution in [0.5, 0.6) is 0 Å². The average molecular weight is 265 g/mol. The Bertz CT molecular complexity index is 502. The molecule has 0 saturated carbocycles. The van der Waals surface area contributed by atoms with Gasteiger partial charge in [-0.25, -0.2) is 4.79 Å². The van der Waals surface area contributed by atoms with Crippen LogP contribution in [0.3, 0.4) is 0 Å². The van der Waals surface area contributed by atoms with Gasteiger partial charge in [0.15, 0.2) is 0 Å². The average Bonchev–Trinajstić information content (AvgIpc) is 2.37. The number of para-hydroxylation sites is 1. The minimum absolute atomic E-state index is 0.0235. The SMILES string of the molecule is CCC(=O)CC(NC(N)=O)c1ccccc1[N+](=O)[O-]. The highest BCUT2D eigenvalue weighted by Gasteiger charge is 2.24. The number of nitrogens with zero attached hydrogens (tertiary/aromatic N) is 1. The minimum Gasteiger partial charge on any atom is -0.352 e. The van der Waals surface area contributed by atoms with Gasteiger partial charge >= 0.3 is 6.03 Å². The van der Waals surface area contributed by atoms with E-state index in [2.05, 4.69) is 5.32 Å². The van der Waals surface area contributed by atoms with Crippen LogP contribution in [-0.2, 0) is 4.79 Å². The van der Waals surface area contributed by atoms with Gasteiger partial charge in [0.25, 0.3) is 5.69 Å². The first-order chi connectivity index (χ1) is 8.95. The number of benzene rings is 1. The van der Waals surface area contributed by atoms with E-state index in [0.717, 1.165) is 0 Å². The fourth-order valence-corrected chi connectivity index (χ4v) is 1.73. The number of nitro groups is 1. The number of primary amides is 1. The highest BCUT2D eigenvalue weighted by atomic mass is 16.6. The van der Waals surface area contributed by atoms with Crippen LogP contribution in [0.2, 0.25) is 0 Å². The second kappa shape index (κ2) is 6.48. The van der Waals surface area contributed by atoms with E-state index in [1.807, 2.05) is 0 Å². The maximum Gasteiger partial charge on any atom is 0.312 e. The lowest BCUT2D eigenvalue weighted by Gasteiger charge is -2.16. The molecule has 1 rings (SSSR count). The van der Waals surface area contributed by atoms with Crippen molar-refractivity contribution in [2.45, 2.75) is 25.8 Å². The summed E-state index contributed by atoms with van der Waals surface area (Å²) >= 11 is 0. The highest BCUT2D eigenvalue weighted by Crippen LogP contribution is 2.27. The second-order valence-electron chi connectivity index (χ2n) is 3.97. The zero-order valence-electron chi connectivity index (χ0n) is 10.5. The van der Waals surface area contributed by atoms with E-state index < -0.39 is 17.0 Å². The molecule has 0 aliphatic rings. The topological polar surface area (TPSA) is 115 Å². The third-order valence-electron chi connectivity index (χ3n) is 2.65. The number of nitrogens with one attached hydrogen (secondary N) is 1. The predicted octanol–water partition coefficient (Wildman–Crippen LogP) is 1.67. The first kappa shape index (κ1) is 14.6. The second-order valence-corrected chi connectivity index (χ2v) is 3.97. The van der Waals surface area contributed by atoms with Crippen LogP contribution in [0.4, 0.5) is 10.5 Å². The molecule has 1 unspecified atom stereocenters. The summed E-state index contributed by atoms with van der Waals surface area (Å²) in [6.45, 7) is 1.68. The smallest absolute Gasteiger partial charge is 0.312 e. The number of rotatable bonds is 6. The number of hydrogen-bond acceptors (Lipinski definition) is 4. The van der Waals surface area contributed by atoms with Crippen LogP contribution in [-0.4, -0.2) is 16.7 Å². The van der Waals surface area contributed by atoms with Gasteiger partial charge in [0.2, 0.25) is 0 Å². The van der Waals surface area contributed by atoms with Crippen LogP contribution in [0.15, 0.2) is 24.3 Å². The number of nitro benzene ring substituents is 1. The molecule has 7 nitrogen and oxygen atoms in total. The van der Waals surface area contributed by atoms with Gasteiger partial charge in [0.05, 0.1) is 16.5 Å². The van der Waals surface area contributed by atoms with Gasteiger partial charge in [-0.15, -0.1) is 0 Å². The standard InChI is InChI=1S/C12H15N3O4/c1-2-8(16)7-10(14-12(13)17)9-5-3-4-6-11(9)15(18)19/h3-6,10H,2,7H2,1H3,(H3,13,14,17). The summed E-state index contributed by atoms with van der Waals surface area (Å²) in [5.41, 5.74) is 5.17. The van der Waals surface area contributed by atoms with Crippen molar-refractivity contribution in [1.29, 1.82) is 0 Å². The molecule has 0 saturated heterocycles. The molecule has 0 spiro atoms. The number of carbonyl (C=O) groups is 2. The van der Waals surface area contributed by atoms with E-state index in [0.29, 0.717) is 0 Å². The maximum absolute atomic E-state index is 11.5. The summed E-state index contributed by atoms with van der Waals surface area (Å²) in [6.07, 6.45) is 0.266. The molecule has 102 valence electrons. The van der Waals surface area contributed by atoms with Crippen LogP contribution >= 0.6 is 0 Å². The number of ketones is 1. The number of hydrogen-bond donors (Lipinski definition) is 2. The van der Waals surface area contributed by atoms with Gasteiger partial charge in [0, 0.05) is 18.9 Å². The van der Waals surface area contributed by atoms with Crippen molar-refractivity contribution in [1.82, 2.24) is 5.32 Å². The van der Waals surface area contributed by atoms with Crippen molar-refractivity contribution < 1.29 is 14.5 Å². The highest BCUT2D eigenvalue weighted by molar-refractivity contribution is 5.80. The van der Waals surface area contributed by atoms with Crippen molar-refractivity contribution in [3.63, 3.8) is 0 Å². The Morgan fingerprint density at radius 1 is 1.42 bits per heavy atom. The van der Waals surface area contributed by atoms with Crippen molar-refractivity contribution in [2.75, 3.05) is 0 Å². The lowest BCUT2D eigenvalue weighted by molar-refractivity contribution is -0.385. The summed E-state index contributed by atoms with van der Waals surface area (Å²) in [4.78, 5) is 32.9. The van der Waals surface area contributed by atoms with Gasteiger partial charge in [-0.2, -0.15) is 0 Å². The Balaban J connectivity index is 3.12. The summed E-state index contributed by atoms with van der Waals surface area (Å²) in [7, 11) is 0. The number of urea groups is 1. The van der Waals surface area contributed by atoms with Gasteiger partial charge in [0.1, 0.15) is 5.78 Å². The van der Waals surface area contributed by atoms with Gasteiger partial charge in [-0.3, -0.25) is 14.9 Å². The van der Waals surface area contributed by atoms with Gasteiger partial charge in [-0.05, 0) is 0 Å². The lowest BCUT2D eigenvalue weighted by Crippen LogP contribution is -2.34. The molecule has 0 aromatic heterocycles. The number of nitrogens with two attached hydrogens (primary N) is 1. The Morgan fingerprint density at radius 3 is 2.58 bits per heavy atom. The van der Waals surface area contributed by atoms with Crippen molar-refractivity contribution in [3.8, 4) is 0 Å². The molecule has 1 aromatic rings. The number of amides is 2. The van der Waals surface area contributed by atoms with E-state index in [1.165, 1.54) is 18.2 Å². The first-order valence-electron chi connectivity index (χ1n) is 5.76. The van der Waals surface area contributed by atoms with Crippen molar-refractivity contribution in [2.24, 2.45) is 5.73 Å². The molecule has 0 bridgehead atoms. The Morgan fingerprint density at radius 2 is 2.05 bits per heavy atom. The molecule has 0 fully saturated rings. The Labute approximate surface area is 109 Å². The largest absolute Gasteiger partial charge is 0.352 e. The predicted molar refractivity (Wildman–Crippen MR) is 68.5 cm³/mol. The molecule has 2 amide bonds. The van der Waals surface area contributed by atoms with E-state index >= 15 is 0 Å². The Kier molecular flexibility index (Phi) is 4.99. The van der Waals surface area contributed by atoms with Crippen LogP contribution in [0, 0.1) is 10.1 Å². The molecular formula is C12H15N3O4. The quantitative estimate of drug-likeness (QED) is 0.601. The van der Waals surface area contributed by atoms with E-state index in [9.17, 15) is 19.7 Å². The van der Waals surface area contributed by atoms with Crippen molar-refractivity contribution >= 4 is 17.5 Å². The van der Waals surface area contributed by atoms with Crippen molar-refractivity contribution in [3.05, 3.63) is 39.9 Å². The fraction of sp³-hybridized carbons (Fsp3) is 0.333. The molecule has 7 heteroatoms. The van der Waals surface area contributed by atoms with Gasteiger partial charge in [-0.1, -0.05) is 25.1 Å². The van der Waals surface area contributed by atoms with Crippen LogP contribution < -0.4 is 11.1 Å². The minimum atomic E-state index is -0.827. The van der Waals surface area contributed by atoms with E-state index in [1.54, 1.807) is 13.0 Å². The maximum atomic E-state index is 11.5. The van der Waals surface area contributed by atoms with Crippen LogP contribution in [0.1, 0.15) is 31.4 Å². The molecule has 1 aromatic carbocycles.